The van der Waals surface area contributed by atoms with E-state index in [0.717, 1.165) is 38.6 Å². The monoisotopic (exact) mass is 389 g/mol. The van der Waals surface area contributed by atoms with E-state index in [1.165, 1.54) is 5.56 Å². The highest BCUT2D eigenvalue weighted by Crippen LogP contribution is 2.50. The van der Waals surface area contributed by atoms with E-state index in [2.05, 4.69) is 38.1 Å². The number of nitrogens with zero attached hydrogens (tertiary/aromatic N) is 1. The van der Waals surface area contributed by atoms with Crippen molar-refractivity contribution in [3.8, 4) is 28.3 Å². The van der Waals surface area contributed by atoms with Gasteiger partial charge in [-0.1, -0.05) is 68.4 Å². The lowest BCUT2D eigenvalue weighted by atomic mass is 9.73. The molecule has 1 aliphatic rings. The van der Waals surface area contributed by atoms with Crippen molar-refractivity contribution >= 4 is 23.4 Å². The molecule has 0 heterocycles. The molecular weight excluding hydrogens is 369 g/mol. The van der Waals surface area contributed by atoms with Gasteiger partial charge in [-0.15, -0.1) is 0 Å². The maximum atomic E-state index is 10.0. The third-order valence-electron chi connectivity index (χ3n) is 6.33. The fourth-order valence-corrected chi connectivity index (χ4v) is 4.79. The van der Waals surface area contributed by atoms with Crippen molar-refractivity contribution in [3.63, 3.8) is 0 Å². The van der Waals surface area contributed by atoms with E-state index in [9.17, 15) is 15.3 Å². The summed E-state index contributed by atoms with van der Waals surface area (Å²) in [5.41, 5.74) is 7.34. The molecule has 4 aromatic rings. The zero-order chi connectivity index (χ0) is 21.0. The first-order valence-corrected chi connectivity index (χ1v) is 9.99. The molecule has 0 bridgehead atoms. The van der Waals surface area contributed by atoms with E-state index >= 15 is 0 Å². The van der Waals surface area contributed by atoms with Gasteiger partial charge in [-0.3, -0.25) is 0 Å². The summed E-state index contributed by atoms with van der Waals surface area (Å²) in [4.78, 5) is 0. The molecule has 0 atom stereocenters. The van der Waals surface area contributed by atoms with E-state index in [0.29, 0.717) is 11.0 Å². The summed E-state index contributed by atoms with van der Waals surface area (Å²) in [5, 5.41) is 31.5. The summed E-state index contributed by atoms with van der Waals surface area (Å²) in [7, 11) is -1.55. The fourth-order valence-electron chi connectivity index (χ4n) is 4.79. The molecule has 0 saturated heterocycles. The minimum atomic E-state index is -1.55. The standard InChI is InChI=1S/C26H20BNO2/c1-26(2)22-13-16(15-28)7-10-20(22)21-11-8-18(14-23(21)26)25-19-6-4-3-5-17(19)9-12-24(25)27(29)30/h3-14,29-30H,1-2H3. The minimum absolute atomic E-state index is 0.254. The second-order valence-electron chi connectivity index (χ2n) is 8.38. The summed E-state index contributed by atoms with van der Waals surface area (Å²) in [6.07, 6.45) is 0. The van der Waals surface area contributed by atoms with Crippen molar-refractivity contribution in [2.75, 3.05) is 0 Å². The Morgan fingerprint density at radius 3 is 2.27 bits per heavy atom. The van der Waals surface area contributed by atoms with Crippen LogP contribution in [0.15, 0.2) is 72.8 Å². The molecule has 3 nitrogen and oxygen atoms in total. The lowest BCUT2D eigenvalue weighted by molar-refractivity contribution is 0.426. The van der Waals surface area contributed by atoms with Gasteiger partial charge in [0.2, 0.25) is 0 Å². The molecule has 0 aliphatic heterocycles. The maximum Gasteiger partial charge on any atom is 0.489 e. The highest BCUT2D eigenvalue weighted by Gasteiger charge is 2.36. The molecule has 0 fully saturated rings. The third-order valence-corrected chi connectivity index (χ3v) is 6.33. The number of nitriles is 1. The highest BCUT2D eigenvalue weighted by molar-refractivity contribution is 6.61. The first-order valence-electron chi connectivity index (χ1n) is 9.99. The van der Waals surface area contributed by atoms with Crippen LogP contribution in [0.25, 0.3) is 33.0 Å². The smallest absolute Gasteiger partial charge is 0.423 e. The van der Waals surface area contributed by atoms with E-state index in [1.54, 1.807) is 6.07 Å². The number of hydrogen-bond acceptors (Lipinski definition) is 3. The number of hydrogen-bond donors (Lipinski definition) is 2. The summed E-state index contributed by atoms with van der Waals surface area (Å²) in [6.45, 7) is 4.35. The lowest BCUT2D eigenvalue weighted by Crippen LogP contribution is -2.31. The molecule has 2 N–H and O–H groups in total. The van der Waals surface area contributed by atoms with Gasteiger partial charge in [-0.05, 0) is 67.8 Å². The third kappa shape index (κ3) is 2.60. The van der Waals surface area contributed by atoms with Crippen LogP contribution in [0.4, 0.5) is 0 Å². The van der Waals surface area contributed by atoms with Gasteiger partial charge in [0, 0.05) is 5.41 Å². The van der Waals surface area contributed by atoms with Gasteiger partial charge >= 0.3 is 7.12 Å². The molecule has 0 aromatic heterocycles. The molecular formula is C26H20BNO2. The highest BCUT2D eigenvalue weighted by atomic mass is 16.4. The van der Waals surface area contributed by atoms with Crippen LogP contribution in [-0.2, 0) is 5.41 Å². The molecule has 0 spiro atoms. The predicted molar refractivity (Wildman–Crippen MR) is 121 cm³/mol. The number of benzene rings is 4. The van der Waals surface area contributed by atoms with Gasteiger partial charge in [0.1, 0.15) is 0 Å². The Morgan fingerprint density at radius 2 is 1.53 bits per heavy atom. The molecule has 0 radical (unpaired) electrons. The van der Waals surface area contributed by atoms with Crippen LogP contribution < -0.4 is 5.46 Å². The predicted octanol–water partition coefficient (Wildman–Crippen LogP) is 4.36. The van der Waals surface area contributed by atoms with E-state index in [1.807, 2.05) is 48.5 Å². The Balaban J connectivity index is 1.78. The van der Waals surface area contributed by atoms with Crippen molar-refractivity contribution < 1.29 is 10.0 Å². The van der Waals surface area contributed by atoms with Crippen molar-refractivity contribution in [3.05, 3.63) is 89.5 Å². The normalized spacial score (nSPS) is 13.6. The number of rotatable bonds is 2. The van der Waals surface area contributed by atoms with Crippen LogP contribution in [0.1, 0.15) is 30.5 Å². The average Bonchev–Trinajstić information content (AvgIpc) is 2.99. The lowest BCUT2D eigenvalue weighted by Gasteiger charge is -2.23. The van der Waals surface area contributed by atoms with Gasteiger partial charge < -0.3 is 10.0 Å². The molecule has 144 valence electrons. The van der Waals surface area contributed by atoms with Crippen molar-refractivity contribution in [2.24, 2.45) is 0 Å². The minimum Gasteiger partial charge on any atom is -0.423 e. The Morgan fingerprint density at radius 1 is 0.833 bits per heavy atom. The Bertz CT molecular complexity index is 1370. The zero-order valence-corrected chi connectivity index (χ0v) is 16.8. The summed E-state index contributed by atoms with van der Waals surface area (Å²) in [5.74, 6) is 0. The Labute approximate surface area is 176 Å². The Hall–Kier alpha value is -3.39. The van der Waals surface area contributed by atoms with Crippen LogP contribution in [-0.4, -0.2) is 17.2 Å². The molecule has 0 saturated carbocycles. The maximum absolute atomic E-state index is 10.0. The quantitative estimate of drug-likeness (QED) is 0.501. The van der Waals surface area contributed by atoms with Crippen LogP contribution >= 0.6 is 0 Å². The van der Waals surface area contributed by atoms with Crippen molar-refractivity contribution in [1.82, 2.24) is 0 Å². The average molecular weight is 389 g/mol. The van der Waals surface area contributed by atoms with Crippen LogP contribution in [0.5, 0.6) is 0 Å². The molecule has 0 unspecified atom stereocenters. The molecule has 4 heteroatoms. The first-order chi connectivity index (χ1) is 14.4. The van der Waals surface area contributed by atoms with Crippen LogP contribution in [0.2, 0.25) is 0 Å². The number of fused-ring (bicyclic) bond motifs is 4. The van der Waals surface area contributed by atoms with Crippen LogP contribution in [0, 0.1) is 11.3 Å². The molecule has 1 aliphatic carbocycles. The van der Waals surface area contributed by atoms with Crippen molar-refractivity contribution in [1.29, 1.82) is 5.26 Å². The zero-order valence-electron chi connectivity index (χ0n) is 16.8. The summed E-state index contributed by atoms with van der Waals surface area (Å²) >= 11 is 0. The molecule has 0 amide bonds. The molecule has 5 rings (SSSR count). The van der Waals surface area contributed by atoms with Crippen molar-refractivity contribution in [2.45, 2.75) is 19.3 Å². The van der Waals surface area contributed by atoms with Gasteiger partial charge in [0.05, 0.1) is 11.6 Å². The summed E-state index contributed by atoms with van der Waals surface area (Å²) < 4.78 is 0. The van der Waals surface area contributed by atoms with E-state index in [-0.39, 0.29) is 5.41 Å². The molecule has 30 heavy (non-hydrogen) atoms. The van der Waals surface area contributed by atoms with E-state index < -0.39 is 7.12 Å². The van der Waals surface area contributed by atoms with E-state index in [4.69, 9.17) is 0 Å². The SMILES string of the molecule is CC1(C)c2cc(C#N)ccc2-c2ccc(-c3c(B(O)O)ccc4ccccc34)cc21. The largest absolute Gasteiger partial charge is 0.489 e. The summed E-state index contributed by atoms with van der Waals surface area (Å²) in [6, 6.07) is 26.1. The Kier molecular flexibility index (Phi) is 4.08. The van der Waals surface area contributed by atoms with Gasteiger partial charge in [0.15, 0.2) is 0 Å². The van der Waals surface area contributed by atoms with Crippen LogP contribution in [0.3, 0.4) is 0 Å². The first kappa shape index (κ1) is 18.6. The second kappa shape index (κ2) is 6.57. The second-order valence-corrected chi connectivity index (χ2v) is 8.38. The molecule has 4 aromatic carbocycles. The fraction of sp³-hybridized carbons (Fsp3) is 0.115. The van der Waals surface area contributed by atoms with Gasteiger partial charge in [-0.25, -0.2) is 0 Å². The van der Waals surface area contributed by atoms with Gasteiger partial charge in [-0.2, -0.15) is 5.26 Å². The van der Waals surface area contributed by atoms with Gasteiger partial charge in [0.25, 0.3) is 0 Å². The topological polar surface area (TPSA) is 64.2 Å².